The van der Waals surface area contributed by atoms with E-state index in [0.29, 0.717) is 0 Å². The molecule has 0 aliphatic carbocycles. The minimum atomic E-state index is 0.739. The maximum atomic E-state index is 5.73. The lowest BCUT2D eigenvalue weighted by atomic mass is 10.0. The van der Waals surface area contributed by atoms with E-state index in [4.69, 9.17) is 5.73 Å². The Hall–Kier alpha value is -1.02. The van der Waals surface area contributed by atoms with Crippen LogP contribution in [0.25, 0.3) is 0 Å². The lowest BCUT2D eigenvalue weighted by Crippen LogP contribution is -2.21. The standard InChI is InChI=1S/C16H26N2/c1-3-4-14-8-10-18(12-14)16-6-5-13(2)11-15(16)7-9-17/h5-6,11,14H,3-4,7-10,12,17H2,1-2H3. The van der Waals surface area contributed by atoms with Crippen LogP contribution in [-0.2, 0) is 6.42 Å². The van der Waals surface area contributed by atoms with Gasteiger partial charge in [-0.2, -0.15) is 0 Å². The third-order valence-corrected chi connectivity index (χ3v) is 3.97. The topological polar surface area (TPSA) is 29.3 Å². The van der Waals surface area contributed by atoms with Gasteiger partial charge in [0.15, 0.2) is 0 Å². The van der Waals surface area contributed by atoms with Gasteiger partial charge in [0.25, 0.3) is 0 Å². The van der Waals surface area contributed by atoms with E-state index in [1.807, 2.05) is 0 Å². The summed E-state index contributed by atoms with van der Waals surface area (Å²) in [5.41, 5.74) is 9.92. The summed E-state index contributed by atoms with van der Waals surface area (Å²) in [6.45, 7) is 7.63. The van der Waals surface area contributed by atoms with E-state index in [-0.39, 0.29) is 0 Å². The van der Waals surface area contributed by atoms with Gasteiger partial charge in [-0.1, -0.05) is 31.0 Å². The summed E-state index contributed by atoms with van der Waals surface area (Å²) in [6, 6.07) is 6.81. The molecule has 1 aliphatic heterocycles. The van der Waals surface area contributed by atoms with Crippen LogP contribution >= 0.6 is 0 Å². The molecule has 2 nitrogen and oxygen atoms in total. The van der Waals surface area contributed by atoms with E-state index in [0.717, 1.165) is 18.9 Å². The predicted octanol–water partition coefficient (Wildman–Crippen LogP) is 3.12. The molecule has 2 heteroatoms. The molecule has 1 fully saturated rings. The van der Waals surface area contributed by atoms with Crippen LogP contribution in [0.3, 0.4) is 0 Å². The Morgan fingerprint density at radius 2 is 2.22 bits per heavy atom. The van der Waals surface area contributed by atoms with Gasteiger partial charge in [-0.05, 0) is 50.3 Å². The van der Waals surface area contributed by atoms with Gasteiger partial charge < -0.3 is 10.6 Å². The molecular formula is C16H26N2. The molecule has 1 saturated heterocycles. The lowest BCUT2D eigenvalue weighted by Gasteiger charge is -2.22. The lowest BCUT2D eigenvalue weighted by molar-refractivity contribution is 0.529. The second kappa shape index (κ2) is 6.24. The summed E-state index contributed by atoms with van der Waals surface area (Å²) >= 11 is 0. The second-order valence-corrected chi connectivity index (χ2v) is 5.56. The van der Waals surface area contributed by atoms with Crippen LogP contribution in [0.4, 0.5) is 5.69 Å². The summed E-state index contributed by atoms with van der Waals surface area (Å²) in [4.78, 5) is 2.56. The molecule has 1 aliphatic rings. The maximum Gasteiger partial charge on any atom is 0.0399 e. The van der Waals surface area contributed by atoms with E-state index in [9.17, 15) is 0 Å². The molecular weight excluding hydrogens is 220 g/mol. The van der Waals surface area contributed by atoms with Crippen LogP contribution in [0, 0.1) is 12.8 Å². The number of hydrogen-bond acceptors (Lipinski definition) is 2. The molecule has 1 unspecified atom stereocenters. The Labute approximate surface area is 111 Å². The highest BCUT2D eigenvalue weighted by atomic mass is 15.2. The Morgan fingerprint density at radius 1 is 1.39 bits per heavy atom. The van der Waals surface area contributed by atoms with Gasteiger partial charge in [-0.25, -0.2) is 0 Å². The van der Waals surface area contributed by atoms with Crippen molar-refractivity contribution in [2.75, 3.05) is 24.5 Å². The van der Waals surface area contributed by atoms with Crippen molar-refractivity contribution in [3.05, 3.63) is 29.3 Å². The van der Waals surface area contributed by atoms with Gasteiger partial charge in [0.05, 0.1) is 0 Å². The van der Waals surface area contributed by atoms with E-state index in [1.54, 1.807) is 0 Å². The molecule has 18 heavy (non-hydrogen) atoms. The molecule has 0 aromatic heterocycles. The van der Waals surface area contributed by atoms with Crippen molar-refractivity contribution in [2.45, 2.75) is 39.5 Å². The largest absolute Gasteiger partial charge is 0.371 e. The smallest absolute Gasteiger partial charge is 0.0399 e. The molecule has 0 bridgehead atoms. The van der Waals surface area contributed by atoms with Crippen LogP contribution in [0.15, 0.2) is 18.2 Å². The number of hydrogen-bond donors (Lipinski definition) is 1. The fourth-order valence-corrected chi connectivity index (χ4v) is 3.07. The van der Waals surface area contributed by atoms with Gasteiger partial charge >= 0.3 is 0 Å². The van der Waals surface area contributed by atoms with Crippen molar-refractivity contribution in [3.63, 3.8) is 0 Å². The van der Waals surface area contributed by atoms with Crippen molar-refractivity contribution < 1.29 is 0 Å². The zero-order valence-corrected chi connectivity index (χ0v) is 11.8. The van der Waals surface area contributed by atoms with Crippen LogP contribution in [0.2, 0.25) is 0 Å². The van der Waals surface area contributed by atoms with Crippen molar-refractivity contribution in [1.29, 1.82) is 0 Å². The summed E-state index contributed by atoms with van der Waals surface area (Å²) in [5, 5.41) is 0. The van der Waals surface area contributed by atoms with Crippen LogP contribution in [-0.4, -0.2) is 19.6 Å². The van der Waals surface area contributed by atoms with E-state index in [1.165, 1.54) is 49.2 Å². The average Bonchev–Trinajstić information content (AvgIpc) is 2.79. The molecule has 1 heterocycles. The first-order valence-corrected chi connectivity index (χ1v) is 7.29. The number of benzene rings is 1. The Kier molecular flexibility index (Phi) is 4.65. The monoisotopic (exact) mass is 246 g/mol. The Morgan fingerprint density at radius 3 is 2.94 bits per heavy atom. The molecule has 1 aromatic carbocycles. The fourth-order valence-electron chi connectivity index (χ4n) is 3.07. The highest BCUT2D eigenvalue weighted by molar-refractivity contribution is 5.56. The van der Waals surface area contributed by atoms with E-state index >= 15 is 0 Å². The second-order valence-electron chi connectivity index (χ2n) is 5.56. The number of nitrogens with zero attached hydrogens (tertiary/aromatic N) is 1. The fraction of sp³-hybridized carbons (Fsp3) is 0.625. The van der Waals surface area contributed by atoms with Crippen molar-refractivity contribution >= 4 is 5.69 Å². The van der Waals surface area contributed by atoms with Crippen LogP contribution in [0.5, 0.6) is 0 Å². The van der Waals surface area contributed by atoms with Crippen LogP contribution < -0.4 is 10.6 Å². The summed E-state index contributed by atoms with van der Waals surface area (Å²) in [6.07, 6.45) is 5.02. The normalized spacial score (nSPS) is 19.5. The number of nitrogens with two attached hydrogens (primary N) is 1. The predicted molar refractivity (Wildman–Crippen MR) is 79.2 cm³/mol. The van der Waals surface area contributed by atoms with Gasteiger partial charge in [-0.3, -0.25) is 0 Å². The number of rotatable bonds is 5. The molecule has 100 valence electrons. The van der Waals surface area contributed by atoms with Crippen molar-refractivity contribution in [2.24, 2.45) is 11.7 Å². The minimum Gasteiger partial charge on any atom is -0.371 e. The molecule has 0 amide bonds. The Balaban J connectivity index is 2.13. The summed E-state index contributed by atoms with van der Waals surface area (Å²) in [7, 11) is 0. The SMILES string of the molecule is CCCC1CCN(c2ccc(C)cc2CCN)C1. The highest BCUT2D eigenvalue weighted by Crippen LogP contribution is 2.29. The third-order valence-electron chi connectivity index (χ3n) is 3.97. The van der Waals surface area contributed by atoms with Crippen LogP contribution in [0.1, 0.15) is 37.3 Å². The van der Waals surface area contributed by atoms with Gasteiger partial charge in [0, 0.05) is 18.8 Å². The van der Waals surface area contributed by atoms with Crippen molar-refractivity contribution in [3.8, 4) is 0 Å². The first-order valence-electron chi connectivity index (χ1n) is 7.29. The summed E-state index contributed by atoms with van der Waals surface area (Å²) < 4.78 is 0. The molecule has 2 N–H and O–H groups in total. The first kappa shape index (κ1) is 13.4. The molecule has 1 atom stereocenters. The van der Waals surface area contributed by atoms with Crippen molar-refractivity contribution in [1.82, 2.24) is 0 Å². The number of aryl methyl sites for hydroxylation is 1. The zero-order chi connectivity index (χ0) is 13.0. The molecule has 2 rings (SSSR count). The maximum absolute atomic E-state index is 5.73. The van der Waals surface area contributed by atoms with Gasteiger partial charge in [0.2, 0.25) is 0 Å². The van der Waals surface area contributed by atoms with Gasteiger partial charge in [0.1, 0.15) is 0 Å². The van der Waals surface area contributed by atoms with Gasteiger partial charge in [-0.15, -0.1) is 0 Å². The molecule has 0 saturated carbocycles. The third kappa shape index (κ3) is 3.05. The van der Waals surface area contributed by atoms with E-state index < -0.39 is 0 Å². The molecule has 0 spiro atoms. The highest BCUT2D eigenvalue weighted by Gasteiger charge is 2.23. The van der Waals surface area contributed by atoms with E-state index in [2.05, 4.69) is 36.9 Å². The first-order chi connectivity index (χ1) is 8.74. The quantitative estimate of drug-likeness (QED) is 0.865. The zero-order valence-electron chi connectivity index (χ0n) is 11.8. The Bertz CT molecular complexity index is 387. The molecule has 1 aromatic rings. The minimum absolute atomic E-state index is 0.739. The summed E-state index contributed by atoms with van der Waals surface area (Å²) in [5.74, 6) is 0.891. The molecule has 0 radical (unpaired) electrons. The number of anilines is 1. The average molecular weight is 246 g/mol.